The maximum atomic E-state index is 14.3. The molecule has 0 aliphatic carbocycles. The van der Waals surface area contributed by atoms with Crippen molar-refractivity contribution in [1.29, 1.82) is 0 Å². The van der Waals surface area contributed by atoms with Crippen LogP contribution in [-0.2, 0) is 53.8 Å². The standard InChI is InChI=1S/C31H29N2O.2C28H29N2O.C22H26FN2/c1-18(2)17-21-9-8-12-26-23(21)15-16-27(33(26)5)28-20(4)22-10-6-7-11-24(22)29-25-14-13-19(3)32-31(25)34-30(28)29;2*1-16(2)14-20-8-7-9-24-21(20)12-13-25(30(24)6)26-19(5)17(3)15-23-22-11-10-18(4)29-28(22)31-27(23)26;1-13(2)9-17-7-8-18-20(11-17)24-12-25(6)22(18)19-10-14(3)21(23)16(5)15(19)4/h6-16,18H,17H2,1-5H3;2*7-13,15-16H,14H2,1-6H3;7-8,10-13H,9H2,1-6H3/q4*+1/i17D2;14D2;;. The Morgan fingerprint density at radius 3 is 1.26 bits per heavy atom. The van der Waals surface area contributed by atoms with Crippen LogP contribution in [-0.4, -0.2) is 19.9 Å². The lowest BCUT2D eigenvalue weighted by Crippen LogP contribution is -2.32. The second-order valence-corrected chi connectivity index (χ2v) is 34.9. The fourth-order valence-corrected chi connectivity index (χ4v) is 18.1. The van der Waals surface area contributed by atoms with Gasteiger partial charge in [-0.2, -0.15) is 13.7 Å². The van der Waals surface area contributed by atoms with E-state index >= 15 is 0 Å². The van der Waals surface area contributed by atoms with Crippen LogP contribution in [0.15, 0.2) is 208 Å². The van der Waals surface area contributed by atoms with Gasteiger partial charge in [-0.15, -0.1) is 0 Å². The van der Waals surface area contributed by atoms with E-state index in [0.717, 1.165) is 190 Å². The number of halogens is 1. The van der Waals surface area contributed by atoms with Gasteiger partial charge >= 0.3 is 0 Å². The Balaban J connectivity index is 0.000000124. The molecule has 0 unspecified atom stereocenters. The van der Waals surface area contributed by atoms with E-state index in [0.29, 0.717) is 34.5 Å². The summed E-state index contributed by atoms with van der Waals surface area (Å²) in [6, 6.07) is 65.1. The van der Waals surface area contributed by atoms with Gasteiger partial charge in [0.25, 0.3) is 6.33 Å². The van der Waals surface area contributed by atoms with Gasteiger partial charge in [-0.1, -0.05) is 122 Å². The van der Waals surface area contributed by atoms with Crippen LogP contribution < -0.4 is 18.3 Å². The number of benzene rings is 9. The SMILES string of the molecule is Cc1cc(-c2c3ccc(CC(C)C)cc3nc[n+]2C)c(C)c(C)c1F.Cc1ccc2c(n1)oc1c(-c3ccc4c(CC(C)C)cccc4[n+]3C)c(C)c(C)cc12.[2H]C([2H])(c1cccc2c1ccc(-c1c(C)c(C)cc3c1oc1nc(C)ccc13)[n+]2C)C(C)C.[2H]C([2H])(c1cccc2c1ccc(-c1c(C)c3ccccc3c3c1oc1nc(C)ccc13)[n+]2C)C(C)C. The number of nitrogens with zero attached hydrogens (tertiary/aromatic N) is 8. The first-order chi connectivity index (χ1) is 59.4. The summed E-state index contributed by atoms with van der Waals surface area (Å²) in [5.74, 6) is 0.865. The van der Waals surface area contributed by atoms with Gasteiger partial charge in [0.2, 0.25) is 50.8 Å². The Morgan fingerprint density at radius 1 is 0.355 bits per heavy atom. The molecular weight excluding hydrogens is 1490 g/mol. The van der Waals surface area contributed by atoms with Crippen molar-refractivity contribution in [3.8, 4) is 45.0 Å². The monoisotopic (exact) mass is 1600 g/mol. The molecule has 0 atom stereocenters. The first-order valence-corrected chi connectivity index (χ1v) is 42.6. The summed E-state index contributed by atoms with van der Waals surface area (Å²) in [4.78, 5) is 18.6. The van der Waals surface area contributed by atoms with E-state index in [1.165, 1.54) is 49.7 Å². The summed E-state index contributed by atoms with van der Waals surface area (Å²) in [7, 11) is 8.26. The molecule has 0 amide bonds. The number of furan rings is 3. The van der Waals surface area contributed by atoms with Crippen molar-refractivity contribution < 1.29 is 41.4 Å². The maximum Gasteiger partial charge on any atom is 0.287 e. The van der Waals surface area contributed by atoms with E-state index in [9.17, 15) is 4.39 Å². The third kappa shape index (κ3) is 15.2. The van der Waals surface area contributed by atoms with Gasteiger partial charge < -0.3 is 13.3 Å². The quantitative estimate of drug-likeness (QED) is 0.112. The van der Waals surface area contributed by atoms with Crippen LogP contribution in [0.25, 0.3) is 166 Å². The van der Waals surface area contributed by atoms with Gasteiger partial charge in [-0.05, 0) is 293 Å². The average Bonchev–Trinajstić information content (AvgIpc) is 1.59. The molecular formula is C109H113FN8O3+4. The van der Waals surface area contributed by atoms with Gasteiger partial charge in [0.1, 0.15) is 32.7 Å². The zero-order chi connectivity index (χ0) is 89.2. The Kier molecular flexibility index (Phi) is 21.0. The summed E-state index contributed by atoms with van der Waals surface area (Å²) in [5.41, 5.74) is 32.9. The lowest BCUT2D eigenvalue weighted by Gasteiger charge is -2.14. The summed E-state index contributed by atoms with van der Waals surface area (Å²) < 4.78 is 77.0. The van der Waals surface area contributed by atoms with Crippen LogP contribution in [0.1, 0.15) is 145 Å². The van der Waals surface area contributed by atoms with Crippen LogP contribution in [0.2, 0.25) is 0 Å². The zero-order valence-electron chi connectivity index (χ0n) is 78.4. The summed E-state index contributed by atoms with van der Waals surface area (Å²) >= 11 is 0. The van der Waals surface area contributed by atoms with E-state index in [1.807, 2.05) is 137 Å². The van der Waals surface area contributed by atoms with Crippen LogP contribution in [0.5, 0.6) is 0 Å². The molecule has 10 heterocycles. The Labute approximate surface area is 715 Å². The molecule has 19 rings (SSSR count). The van der Waals surface area contributed by atoms with E-state index in [2.05, 4.69) is 251 Å². The number of hydrogen-bond acceptors (Lipinski definition) is 7. The predicted octanol–water partition coefficient (Wildman–Crippen LogP) is 26.1. The predicted molar refractivity (Wildman–Crippen MR) is 499 cm³/mol. The molecule has 121 heavy (non-hydrogen) atoms. The van der Waals surface area contributed by atoms with Gasteiger partial charge in [0, 0.05) is 113 Å². The lowest BCUT2D eigenvalue weighted by molar-refractivity contribution is -0.662. The zero-order valence-corrected chi connectivity index (χ0v) is 74.4. The minimum Gasteiger partial charge on any atom is -0.437 e. The molecule has 11 nitrogen and oxygen atoms in total. The minimum absolute atomic E-state index is 0.110. The highest BCUT2D eigenvalue weighted by atomic mass is 19.1. The van der Waals surface area contributed by atoms with Crippen molar-refractivity contribution in [2.24, 2.45) is 51.9 Å². The summed E-state index contributed by atoms with van der Waals surface area (Å²) in [6.07, 6.45) is 1.14. The molecule has 0 spiro atoms. The number of rotatable bonds is 12. The summed E-state index contributed by atoms with van der Waals surface area (Å²) in [5, 5.41) is 13.0. The van der Waals surface area contributed by atoms with Crippen LogP contribution in [0.3, 0.4) is 0 Å². The van der Waals surface area contributed by atoms with Gasteiger partial charge in [0.05, 0.1) is 29.1 Å². The molecule has 0 aliphatic rings. The topological polar surface area (TPSA) is 106 Å². The molecule has 0 saturated heterocycles. The number of aromatic nitrogens is 8. The fraction of sp³-hybridized carbons (Fsp3) is 0.284. The van der Waals surface area contributed by atoms with Crippen molar-refractivity contribution >= 4 is 121 Å². The molecule has 12 heteroatoms. The van der Waals surface area contributed by atoms with Crippen molar-refractivity contribution in [3.05, 3.63) is 284 Å². The van der Waals surface area contributed by atoms with E-state index in [4.69, 9.17) is 23.7 Å². The minimum atomic E-state index is -1.43. The normalized spacial score (nSPS) is 12.6. The van der Waals surface area contributed by atoms with Crippen LogP contribution in [0.4, 0.5) is 4.39 Å². The van der Waals surface area contributed by atoms with E-state index in [-0.39, 0.29) is 17.7 Å². The molecule has 0 N–H and O–H groups in total. The molecule has 9 aromatic carbocycles. The number of hydrogen-bond donors (Lipinski definition) is 0. The van der Waals surface area contributed by atoms with Gasteiger partial charge in [0.15, 0.2) is 22.3 Å². The molecule has 0 radical (unpaired) electrons. The van der Waals surface area contributed by atoms with Crippen LogP contribution >= 0.6 is 0 Å². The van der Waals surface area contributed by atoms with Gasteiger partial charge in [-0.3, -0.25) is 0 Å². The summed E-state index contributed by atoms with van der Waals surface area (Å²) in [6.45, 7) is 39.1. The second kappa shape index (κ2) is 33.0. The van der Waals surface area contributed by atoms with Crippen molar-refractivity contribution in [1.82, 2.24) is 19.9 Å². The molecule has 610 valence electrons. The number of fused-ring (bicyclic) bond motifs is 15. The van der Waals surface area contributed by atoms with E-state index in [1.54, 1.807) is 0 Å². The highest BCUT2D eigenvalue weighted by Gasteiger charge is 2.31. The highest BCUT2D eigenvalue weighted by Crippen LogP contribution is 2.45. The third-order valence-corrected chi connectivity index (χ3v) is 24.4. The van der Waals surface area contributed by atoms with E-state index < -0.39 is 12.7 Å². The molecule has 10 aromatic heterocycles. The fourth-order valence-electron chi connectivity index (χ4n) is 18.1. The average molecular weight is 1610 g/mol. The molecule has 0 fully saturated rings. The molecule has 0 saturated carbocycles. The Bertz CT molecular complexity index is 7600. The molecule has 0 aliphatic heterocycles. The second-order valence-electron chi connectivity index (χ2n) is 34.9. The highest BCUT2D eigenvalue weighted by molar-refractivity contribution is 6.23. The lowest BCUT2D eigenvalue weighted by atomic mass is 9.92. The van der Waals surface area contributed by atoms with Crippen molar-refractivity contribution in [2.45, 2.75) is 157 Å². The van der Waals surface area contributed by atoms with Crippen molar-refractivity contribution in [2.75, 3.05) is 0 Å². The number of aryl methyl sites for hydroxylation is 11. The Morgan fingerprint density at radius 2 is 0.777 bits per heavy atom. The largest absolute Gasteiger partial charge is 0.437 e. The van der Waals surface area contributed by atoms with Gasteiger partial charge in [-0.25, -0.2) is 23.9 Å². The maximum absolute atomic E-state index is 14.3. The Hall–Kier alpha value is -12.4. The molecule has 19 aromatic rings. The van der Waals surface area contributed by atoms with Crippen molar-refractivity contribution in [3.63, 3.8) is 0 Å². The first kappa shape index (κ1) is 77.2. The third-order valence-electron chi connectivity index (χ3n) is 24.4. The molecule has 0 bridgehead atoms. The number of pyridine rings is 6. The first-order valence-electron chi connectivity index (χ1n) is 44.6. The van der Waals surface area contributed by atoms with Crippen LogP contribution in [0, 0.1) is 106 Å². The smallest absolute Gasteiger partial charge is 0.287 e.